The number of nitrogens with one attached hydrogen (secondary N) is 1. The van der Waals surface area contributed by atoms with Gasteiger partial charge < -0.3 is 10.1 Å². The monoisotopic (exact) mass is 240 g/mol. The fourth-order valence-corrected chi connectivity index (χ4v) is 1.90. The summed E-state index contributed by atoms with van der Waals surface area (Å²) in [6, 6.07) is 11.3. The number of rotatable bonds is 1. The number of aryl methyl sites for hydroxylation is 1. The maximum atomic E-state index is 12.0. The maximum absolute atomic E-state index is 12.0. The Morgan fingerprint density at radius 1 is 1.22 bits per heavy atom. The molecule has 18 heavy (non-hydrogen) atoms. The summed E-state index contributed by atoms with van der Waals surface area (Å²) < 4.78 is 5.70. The third-order valence-corrected chi connectivity index (χ3v) is 2.88. The van der Waals surface area contributed by atoms with Gasteiger partial charge in [0, 0.05) is 11.8 Å². The van der Waals surface area contributed by atoms with Crippen LogP contribution < -0.4 is 10.1 Å². The molecular weight excluding hydrogens is 228 g/mol. The molecule has 1 unspecified atom stereocenters. The second kappa shape index (κ2) is 4.14. The standard InChI is InChI=1S/C14H12N2O2/c1-9-4-6-10(7-5-9)12-14(17)16-13-11(18-12)3-2-8-15-13/h2-8,12H,1H3,(H,15,16,17). The molecule has 0 fully saturated rings. The first-order chi connectivity index (χ1) is 8.74. The lowest BCUT2D eigenvalue weighted by molar-refractivity contribution is -0.123. The number of hydrogen-bond donors (Lipinski definition) is 1. The number of ether oxygens (including phenoxy) is 1. The van der Waals surface area contributed by atoms with Crippen molar-refractivity contribution < 1.29 is 9.53 Å². The number of nitrogens with zero attached hydrogens (tertiary/aromatic N) is 1. The summed E-state index contributed by atoms with van der Waals surface area (Å²) in [7, 11) is 0. The van der Waals surface area contributed by atoms with Crippen molar-refractivity contribution in [1.29, 1.82) is 0 Å². The first-order valence-electron chi connectivity index (χ1n) is 5.73. The van der Waals surface area contributed by atoms with Crippen LogP contribution in [-0.2, 0) is 4.79 Å². The van der Waals surface area contributed by atoms with Crippen molar-refractivity contribution >= 4 is 11.7 Å². The number of aromatic nitrogens is 1. The Kier molecular flexibility index (Phi) is 2.48. The highest BCUT2D eigenvalue weighted by Crippen LogP contribution is 2.32. The predicted octanol–water partition coefficient (Wildman–Crippen LogP) is 2.46. The zero-order chi connectivity index (χ0) is 12.5. The van der Waals surface area contributed by atoms with Crippen LogP contribution in [0.1, 0.15) is 17.2 Å². The molecule has 1 aromatic heterocycles. The van der Waals surface area contributed by atoms with Crippen molar-refractivity contribution in [2.24, 2.45) is 0 Å². The zero-order valence-corrected chi connectivity index (χ0v) is 9.88. The molecule has 0 bridgehead atoms. The third-order valence-electron chi connectivity index (χ3n) is 2.88. The van der Waals surface area contributed by atoms with Crippen molar-refractivity contribution in [3.05, 3.63) is 53.7 Å². The molecule has 2 heterocycles. The van der Waals surface area contributed by atoms with E-state index in [1.165, 1.54) is 0 Å². The van der Waals surface area contributed by atoms with Crippen LogP contribution in [0.5, 0.6) is 5.75 Å². The third kappa shape index (κ3) is 1.82. The molecular formula is C14H12N2O2. The molecule has 0 radical (unpaired) electrons. The van der Waals surface area contributed by atoms with Crippen LogP contribution in [0.3, 0.4) is 0 Å². The maximum Gasteiger partial charge on any atom is 0.271 e. The number of carbonyl (C=O) groups is 1. The second-order valence-electron chi connectivity index (χ2n) is 4.25. The van der Waals surface area contributed by atoms with E-state index in [0.717, 1.165) is 11.1 Å². The summed E-state index contributed by atoms with van der Waals surface area (Å²) in [6.07, 6.45) is 1.01. The topological polar surface area (TPSA) is 51.2 Å². The van der Waals surface area contributed by atoms with Gasteiger partial charge in [-0.05, 0) is 19.1 Å². The largest absolute Gasteiger partial charge is 0.472 e. The highest BCUT2D eigenvalue weighted by Gasteiger charge is 2.29. The lowest BCUT2D eigenvalue weighted by Crippen LogP contribution is -2.30. The van der Waals surface area contributed by atoms with Crippen LogP contribution in [0.25, 0.3) is 0 Å². The van der Waals surface area contributed by atoms with Gasteiger partial charge in [-0.25, -0.2) is 4.98 Å². The van der Waals surface area contributed by atoms with E-state index in [2.05, 4.69) is 10.3 Å². The van der Waals surface area contributed by atoms with Gasteiger partial charge in [0.2, 0.25) is 6.10 Å². The van der Waals surface area contributed by atoms with Gasteiger partial charge in [-0.3, -0.25) is 4.79 Å². The number of fused-ring (bicyclic) bond motifs is 1. The van der Waals surface area contributed by atoms with E-state index in [0.29, 0.717) is 11.6 Å². The Bertz CT molecular complexity index is 593. The SMILES string of the molecule is Cc1ccc(C2Oc3cccnc3NC2=O)cc1. The Balaban J connectivity index is 1.95. The number of pyridine rings is 1. The first kappa shape index (κ1) is 10.8. The number of amides is 1. The first-order valence-corrected chi connectivity index (χ1v) is 5.73. The minimum Gasteiger partial charge on any atom is -0.472 e. The van der Waals surface area contributed by atoms with Gasteiger partial charge in [0.1, 0.15) is 0 Å². The Labute approximate surface area is 105 Å². The van der Waals surface area contributed by atoms with Gasteiger partial charge in [0.25, 0.3) is 5.91 Å². The molecule has 4 nitrogen and oxygen atoms in total. The van der Waals surface area contributed by atoms with Gasteiger partial charge in [-0.15, -0.1) is 0 Å². The molecule has 0 saturated heterocycles. The average molecular weight is 240 g/mol. The molecule has 1 amide bonds. The molecule has 90 valence electrons. The molecule has 1 aliphatic rings. The van der Waals surface area contributed by atoms with Crippen molar-refractivity contribution in [1.82, 2.24) is 4.98 Å². The summed E-state index contributed by atoms with van der Waals surface area (Å²) in [5.74, 6) is 0.888. The van der Waals surface area contributed by atoms with Crippen LogP contribution in [0, 0.1) is 6.92 Å². The van der Waals surface area contributed by atoms with E-state index in [4.69, 9.17) is 4.74 Å². The zero-order valence-electron chi connectivity index (χ0n) is 9.88. The van der Waals surface area contributed by atoms with E-state index in [-0.39, 0.29) is 5.91 Å². The second-order valence-corrected chi connectivity index (χ2v) is 4.25. The molecule has 0 saturated carbocycles. The molecule has 2 aromatic rings. The summed E-state index contributed by atoms with van der Waals surface area (Å²) >= 11 is 0. The van der Waals surface area contributed by atoms with Crippen LogP contribution in [0.15, 0.2) is 42.6 Å². The summed E-state index contributed by atoms with van der Waals surface area (Å²) in [4.78, 5) is 16.0. The average Bonchev–Trinajstić information content (AvgIpc) is 2.39. The highest BCUT2D eigenvalue weighted by atomic mass is 16.5. The predicted molar refractivity (Wildman–Crippen MR) is 67.4 cm³/mol. The van der Waals surface area contributed by atoms with Crippen molar-refractivity contribution in [3.8, 4) is 5.75 Å². The molecule has 0 aliphatic carbocycles. The number of carbonyl (C=O) groups excluding carboxylic acids is 1. The smallest absolute Gasteiger partial charge is 0.271 e. The van der Waals surface area contributed by atoms with Gasteiger partial charge in [-0.1, -0.05) is 29.8 Å². The molecule has 1 aliphatic heterocycles. The highest BCUT2D eigenvalue weighted by molar-refractivity contribution is 5.97. The molecule has 3 rings (SSSR count). The molecule has 1 atom stereocenters. The van der Waals surface area contributed by atoms with E-state index >= 15 is 0 Å². The van der Waals surface area contributed by atoms with Crippen molar-refractivity contribution in [2.75, 3.05) is 5.32 Å². The van der Waals surface area contributed by atoms with Gasteiger partial charge in [-0.2, -0.15) is 0 Å². The lowest BCUT2D eigenvalue weighted by Gasteiger charge is -2.25. The van der Waals surface area contributed by atoms with E-state index in [1.807, 2.05) is 31.2 Å². The lowest BCUT2D eigenvalue weighted by atomic mass is 10.1. The fraction of sp³-hybridized carbons (Fsp3) is 0.143. The minimum absolute atomic E-state index is 0.190. The normalized spacial score (nSPS) is 17.6. The fourth-order valence-electron chi connectivity index (χ4n) is 1.90. The van der Waals surface area contributed by atoms with Crippen LogP contribution in [0.2, 0.25) is 0 Å². The number of hydrogen-bond acceptors (Lipinski definition) is 3. The molecule has 0 spiro atoms. The van der Waals surface area contributed by atoms with E-state index in [1.54, 1.807) is 18.3 Å². The quantitative estimate of drug-likeness (QED) is 0.833. The van der Waals surface area contributed by atoms with E-state index < -0.39 is 6.10 Å². The van der Waals surface area contributed by atoms with Gasteiger partial charge >= 0.3 is 0 Å². The molecule has 1 N–H and O–H groups in total. The molecule has 4 heteroatoms. The minimum atomic E-state index is -0.609. The summed E-state index contributed by atoms with van der Waals surface area (Å²) in [6.45, 7) is 2.00. The number of benzene rings is 1. The van der Waals surface area contributed by atoms with Crippen molar-refractivity contribution in [3.63, 3.8) is 0 Å². The Morgan fingerprint density at radius 3 is 2.78 bits per heavy atom. The van der Waals surface area contributed by atoms with Crippen LogP contribution in [-0.4, -0.2) is 10.9 Å². The van der Waals surface area contributed by atoms with Crippen LogP contribution >= 0.6 is 0 Å². The Morgan fingerprint density at radius 2 is 2.00 bits per heavy atom. The van der Waals surface area contributed by atoms with Crippen molar-refractivity contribution in [2.45, 2.75) is 13.0 Å². The van der Waals surface area contributed by atoms with Crippen LogP contribution in [0.4, 0.5) is 5.82 Å². The van der Waals surface area contributed by atoms with Gasteiger partial charge in [0.15, 0.2) is 11.6 Å². The summed E-state index contributed by atoms with van der Waals surface area (Å²) in [5.41, 5.74) is 1.99. The van der Waals surface area contributed by atoms with Gasteiger partial charge in [0.05, 0.1) is 0 Å². The van der Waals surface area contributed by atoms with E-state index in [9.17, 15) is 4.79 Å². The summed E-state index contributed by atoms with van der Waals surface area (Å²) in [5, 5.41) is 2.75. The molecule has 1 aromatic carbocycles. The Hall–Kier alpha value is -2.36. The number of anilines is 1.